The number of thiazole rings is 1. The molecule has 148 valence electrons. The van der Waals surface area contributed by atoms with Gasteiger partial charge in [-0.05, 0) is 43.9 Å². The fourth-order valence-electron chi connectivity index (χ4n) is 3.25. The van der Waals surface area contributed by atoms with Crippen LogP contribution < -0.4 is 15.5 Å². The number of nitrogens with zero attached hydrogens (tertiary/aromatic N) is 3. The fourth-order valence-corrected chi connectivity index (χ4v) is 4.04. The summed E-state index contributed by atoms with van der Waals surface area (Å²) in [5, 5.41) is 7.91. The molecule has 0 saturated heterocycles. The SMILES string of the molecule is CCNC(=NCc1ccc2c(c1)CCCN2C)NCCc1ncc(C)s1.I. The Hall–Kier alpha value is -1.35. The van der Waals surface area contributed by atoms with Crippen LogP contribution in [-0.2, 0) is 19.4 Å². The molecule has 1 aromatic heterocycles. The number of anilines is 1. The summed E-state index contributed by atoms with van der Waals surface area (Å²) in [5.41, 5.74) is 4.09. The van der Waals surface area contributed by atoms with Crippen LogP contribution in [0.4, 0.5) is 5.69 Å². The topological polar surface area (TPSA) is 52.6 Å². The van der Waals surface area contributed by atoms with Crippen molar-refractivity contribution >= 4 is 47.0 Å². The van der Waals surface area contributed by atoms with Gasteiger partial charge in [0.05, 0.1) is 11.6 Å². The summed E-state index contributed by atoms with van der Waals surface area (Å²) in [6, 6.07) is 6.76. The summed E-state index contributed by atoms with van der Waals surface area (Å²) >= 11 is 1.76. The van der Waals surface area contributed by atoms with Crippen LogP contribution in [0.2, 0.25) is 0 Å². The number of rotatable bonds is 6. The number of aliphatic imine (C=N–C) groups is 1. The minimum atomic E-state index is 0. The second kappa shape index (κ2) is 10.8. The van der Waals surface area contributed by atoms with Gasteiger partial charge in [0.2, 0.25) is 0 Å². The lowest BCUT2D eigenvalue weighted by Gasteiger charge is -2.27. The van der Waals surface area contributed by atoms with Crippen molar-refractivity contribution in [2.24, 2.45) is 4.99 Å². The first-order valence-electron chi connectivity index (χ1n) is 9.42. The summed E-state index contributed by atoms with van der Waals surface area (Å²) in [6.45, 7) is 7.73. The lowest BCUT2D eigenvalue weighted by atomic mass is 10.00. The molecular weight excluding hydrogens is 469 g/mol. The lowest BCUT2D eigenvalue weighted by Crippen LogP contribution is -2.38. The molecule has 3 rings (SSSR count). The molecule has 0 unspecified atom stereocenters. The van der Waals surface area contributed by atoms with Gasteiger partial charge in [0.25, 0.3) is 0 Å². The number of hydrogen-bond acceptors (Lipinski definition) is 4. The van der Waals surface area contributed by atoms with Gasteiger partial charge in [-0.1, -0.05) is 12.1 Å². The van der Waals surface area contributed by atoms with Crippen molar-refractivity contribution in [1.29, 1.82) is 0 Å². The molecule has 0 fully saturated rings. The van der Waals surface area contributed by atoms with Crippen LogP contribution >= 0.6 is 35.3 Å². The highest BCUT2D eigenvalue weighted by Crippen LogP contribution is 2.26. The van der Waals surface area contributed by atoms with Gasteiger partial charge in [-0.3, -0.25) is 0 Å². The fraction of sp³-hybridized carbons (Fsp3) is 0.500. The van der Waals surface area contributed by atoms with Crippen molar-refractivity contribution in [2.45, 2.75) is 39.7 Å². The Morgan fingerprint density at radius 3 is 2.93 bits per heavy atom. The van der Waals surface area contributed by atoms with Crippen LogP contribution in [0.3, 0.4) is 0 Å². The Morgan fingerprint density at radius 1 is 1.33 bits per heavy atom. The van der Waals surface area contributed by atoms with E-state index in [1.807, 2.05) is 6.20 Å². The Balaban J connectivity index is 0.00000261. The minimum Gasteiger partial charge on any atom is -0.374 e. The first kappa shape index (κ1) is 21.9. The zero-order chi connectivity index (χ0) is 18.4. The van der Waals surface area contributed by atoms with Crippen LogP contribution in [-0.4, -0.2) is 37.6 Å². The molecule has 0 aliphatic carbocycles. The maximum absolute atomic E-state index is 4.75. The van der Waals surface area contributed by atoms with E-state index < -0.39 is 0 Å². The van der Waals surface area contributed by atoms with Crippen molar-refractivity contribution in [1.82, 2.24) is 15.6 Å². The molecule has 2 heterocycles. The average molecular weight is 499 g/mol. The number of guanidine groups is 1. The van der Waals surface area contributed by atoms with Gasteiger partial charge in [-0.25, -0.2) is 9.98 Å². The number of nitrogens with one attached hydrogen (secondary N) is 2. The third-order valence-corrected chi connectivity index (χ3v) is 5.53. The molecule has 27 heavy (non-hydrogen) atoms. The average Bonchev–Trinajstić information content (AvgIpc) is 3.05. The molecule has 0 saturated carbocycles. The molecule has 0 atom stereocenters. The predicted octanol–water partition coefficient (Wildman–Crippen LogP) is 3.75. The number of halogens is 1. The van der Waals surface area contributed by atoms with Gasteiger partial charge in [0, 0.05) is 49.9 Å². The highest BCUT2D eigenvalue weighted by molar-refractivity contribution is 14.0. The Morgan fingerprint density at radius 2 is 2.19 bits per heavy atom. The smallest absolute Gasteiger partial charge is 0.191 e. The van der Waals surface area contributed by atoms with Gasteiger partial charge >= 0.3 is 0 Å². The highest BCUT2D eigenvalue weighted by atomic mass is 127. The van der Waals surface area contributed by atoms with E-state index in [9.17, 15) is 0 Å². The van der Waals surface area contributed by atoms with E-state index in [4.69, 9.17) is 4.99 Å². The maximum Gasteiger partial charge on any atom is 0.191 e. The summed E-state index contributed by atoms with van der Waals surface area (Å²) in [7, 11) is 2.17. The zero-order valence-electron chi connectivity index (χ0n) is 16.4. The first-order chi connectivity index (χ1) is 12.7. The van der Waals surface area contributed by atoms with Gasteiger partial charge in [0.1, 0.15) is 0 Å². The van der Waals surface area contributed by atoms with E-state index in [-0.39, 0.29) is 24.0 Å². The van der Waals surface area contributed by atoms with E-state index in [0.29, 0.717) is 6.54 Å². The van der Waals surface area contributed by atoms with E-state index in [1.165, 1.54) is 39.5 Å². The standard InChI is InChI=1S/C20H29N5S.HI/c1-4-21-20(22-10-9-19-23-13-15(2)26-19)24-14-16-7-8-18-17(12-16)6-5-11-25(18)3;/h7-8,12-13H,4-6,9-11,14H2,1-3H3,(H2,21,22,24);1H. The van der Waals surface area contributed by atoms with Gasteiger partial charge < -0.3 is 15.5 Å². The van der Waals surface area contributed by atoms with Gasteiger partial charge in [-0.15, -0.1) is 35.3 Å². The highest BCUT2D eigenvalue weighted by Gasteiger charge is 2.13. The van der Waals surface area contributed by atoms with Crippen molar-refractivity contribution < 1.29 is 0 Å². The van der Waals surface area contributed by atoms with Crippen molar-refractivity contribution in [3.8, 4) is 0 Å². The predicted molar refractivity (Wildman–Crippen MR) is 127 cm³/mol. The summed E-state index contributed by atoms with van der Waals surface area (Å²) in [5.74, 6) is 0.871. The second-order valence-electron chi connectivity index (χ2n) is 6.72. The molecule has 0 bridgehead atoms. The number of benzene rings is 1. The molecule has 7 heteroatoms. The van der Waals surface area contributed by atoms with E-state index in [1.54, 1.807) is 11.3 Å². The number of aryl methyl sites for hydroxylation is 2. The van der Waals surface area contributed by atoms with Crippen LogP contribution in [0.5, 0.6) is 0 Å². The molecular formula is C20H30IN5S. The quantitative estimate of drug-likeness (QED) is 0.361. The van der Waals surface area contributed by atoms with Crippen LogP contribution in [0.1, 0.15) is 34.4 Å². The van der Waals surface area contributed by atoms with Crippen molar-refractivity contribution in [2.75, 3.05) is 31.6 Å². The minimum absolute atomic E-state index is 0. The summed E-state index contributed by atoms with van der Waals surface area (Å²) in [6.07, 6.45) is 5.26. The van der Waals surface area contributed by atoms with E-state index >= 15 is 0 Å². The molecule has 0 amide bonds. The van der Waals surface area contributed by atoms with Crippen LogP contribution in [0.25, 0.3) is 0 Å². The van der Waals surface area contributed by atoms with E-state index in [0.717, 1.165) is 32.0 Å². The monoisotopic (exact) mass is 499 g/mol. The Labute approximate surface area is 183 Å². The van der Waals surface area contributed by atoms with Crippen LogP contribution in [0, 0.1) is 6.92 Å². The Kier molecular flexibility index (Phi) is 8.82. The molecule has 0 spiro atoms. The van der Waals surface area contributed by atoms with Crippen LogP contribution in [0.15, 0.2) is 29.4 Å². The summed E-state index contributed by atoms with van der Waals surface area (Å²) in [4.78, 5) is 12.8. The molecule has 5 nitrogen and oxygen atoms in total. The number of fused-ring (bicyclic) bond motifs is 1. The van der Waals surface area contributed by atoms with Crippen molar-refractivity contribution in [3.05, 3.63) is 45.4 Å². The molecule has 1 aromatic carbocycles. The molecule has 1 aliphatic heterocycles. The second-order valence-corrected chi connectivity index (χ2v) is 8.04. The largest absolute Gasteiger partial charge is 0.374 e. The van der Waals surface area contributed by atoms with Gasteiger partial charge in [0.15, 0.2) is 5.96 Å². The summed E-state index contributed by atoms with van der Waals surface area (Å²) < 4.78 is 0. The van der Waals surface area contributed by atoms with E-state index in [2.05, 4.69) is 59.6 Å². The maximum atomic E-state index is 4.75. The first-order valence-corrected chi connectivity index (χ1v) is 10.2. The number of hydrogen-bond donors (Lipinski definition) is 2. The van der Waals surface area contributed by atoms with Crippen molar-refractivity contribution in [3.63, 3.8) is 0 Å². The molecule has 2 N–H and O–H groups in total. The molecule has 0 radical (unpaired) electrons. The Bertz CT molecular complexity index is 759. The molecule has 2 aromatic rings. The third-order valence-electron chi connectivity index (χ3n) is 4.56. The zero-order valence-corrected chi connectivity index (χ0v) is 19.6. The third kappa shape index (κ3) is 6.34. The number of aromatic nitrogens is 1. The molecule has 1 aliphatic rings. The normalized spacial score (nSPS) is 13.7. The van der Waals surface area contributed by atoms with Gasteiger partial charge in [-0.2, -0.15) is 0 Å². The lowest BCUT2D eigenvalue weighted by molar-refractivity contribution is 0.742.